The lowest BCUT2D eigenvalue weighted by Crippen LogP contribution is -2.42. The van der Waals surface area contributed by atoms with Crippen LogP contribution in [0, 0.1) is 19.7 Å². The lowest BCUT2D eigenvalue weighted by Gasteiger charge is -2.26. The van der Waals surface area contributed by atoms with Crippen LogP contribution in [0.15, 0.2) is 72.8 Å². The third kappa shape index (κ3) is 6.26. The van der Waals surface area contributed by atoms with Crippen molar-refractivity contribution in [3.8, 4) is 0 Å². The fraction of sp³-hybridized carbons (Fsp3) is 0.267. The van der Waals surface area contributed by atoms with E-state index >= 15 is 0 Å². The third-order valence-electron chi connectivity index (χ3n) is 6.69. The summed E-state index contributed by atoms with van der Waals surface area (Å²) < 4.78 is 13.1. The van der Waals surface area contributed by atoms with Gasteiger partial charge >= 0.3 is 5.97 Å². The first-order valence-corrected chi connectivity index (χ1v) is 12.1. The number of aryl methyl sites for hydroxylation is 2. The van der Waals surface area contributed by atoms with E-state index in [1.54, 1.807) is 0 Å². The molecule has 2 N–H and O–H groups in total. The lowest BCUT2D eigenvalue weighted by molar-refractivity contribution is -0.139. The highest BCUT2D eigenvalue weighted by atomic mass is 19.1. The summed E-state index contributed by atoms with van der Waals surface area (Å²) in [6.07, 6.45) is 3.33. The van der Waals surface area contributed by atoms with E-state index in [4.69, 9.17) is 0 Å². The van der Waals surface area contributed by atoms with E-state index in [9.17, 15) is 19.1 Å². The quantitative estimate of drug-likeness (QED) is 0.462. The number of benzene rings is 3. The van der Waals surface area contributed by atoms with Crippen LogP contribution in [0.25, 0.3) is 5.57 Å². The average Bonchev–Trinajstić information content (AvgIpc) is 2.86. The fourth-order valence-corrected chi connectivity index (χ4v) is 4.66. The van der Waals surface area contributed by atoms with Crippen molar-refractivity contribution in [2.75, 3.05) is 13.1 Å². The minimum absolute atomic E-state index is 0.205. The molecule has 5 nitrogen and oxygen atoms in total. The number of rotatable bonds is 8. The van der Waals surface area contributed by atoms with Crippen LogP contribution in [-0.2, 0) is 17.8 Å². The molecule has 1 aliphatic rings. The summed E-state index contributed by atoms with van der Waals surface area (Å²) in [5.41, 5.74) is 6.48. The van der Waals surface area contributed by atoms with Gasteiger partial charge in [-0.15, -0.1) is 0 Å². The maximum Gasteiger partial charge on any atom is 0.326 e. The van der Waals surface area contributed by atoms with E-state index in [1.807, 2.05) is 68.4 Å². The maximum atomic E-state index is 13.1. The molecule has 36 heavy (non-hydrogen) atoms. The van der Waals surface area contributed by atoms with Crippen molar-refractivity contribution in [2.45, 2.75) is 39.3 Å². The standard InChI is InChI=1S/C30H31FN2O3/c1-20-4-3-5-21(2)28(20)29(34)32-27(30(35)36)18-22-6-10-24(11-7-22)25-14-16-33(17-15-25)19-23-8-12-26(31)13-9-23/h3-14,27H,15-19H2,1-2H3,(H,32,34)(H,35,36)/t27-/m0/s1. The number of nitrogens with one attached hydrogen (secondary N) is 1. The zero-order valence-corrected chi connectivity index (χ0v) is 20.6. The van der Waals surface area contributed by atoms with E-state index in [0.29, 0.717) is 5.56 Å². The zero-order chi connectivity index (χ0) is 25.7. The molecule has 0 fully saturated rings. The molecule has 0 aromatic heterocycles. The van der Waals surface area contributed by atoms with Gasteiger partial charge in [0.25, 0.3) is 5.91 Å². The molecule has 3 aromatic rings. The van der Waals surface area contributed by atoms with E-state index in [2.05, 4.69) is 16.3 Å². The molecule has 186 valence electrons. The van der Waals surface area contributed by atoms with Crippen molar-refractivity contribution in [1.82, 2.24) is 10.2 Å². The Morgan fingerprint density at radius 2 is 1.61 bits per heavy atom. The predicted molar refractivity (Wildman–Crippen MR) is 139 cm³/mol. The van der Waals surface area contributed by atoms with Crippen molar-refractivity contribution in [1.29, 1.82) is 0 Å². The van der Waals surface area contributed by atoms with E-state index in [1.165, 1.54) is 17.7 Å². The van der Waals surface area contributed by atoms with Crippen LogP contribution in [-0.4, -0.2) is 41.0 Å². The molecular formula is C30H31FN2O3. The number of halogens is 1. The monoisotopic (exact) mass is 486 g/mol. The van der Waals surface area contributed by atoms with E-state index in [0.717, 1.165) is 53.9 Å². The smallest absolute Gasteiger partial charge is 0.326 e. The second-order valence-electron chi connectivity index (χ2n) is 9.37. The van der Waals surface area contributed by atoms with Crippen molar-refractivity contribution in [2.24, 2.45) is 0 Å². The van der Waals surface area contributed by atoms with Crippen LogP contribution >= 0.6 is 0 Å². The fourth-order valence-electron chi connectivity index (χ4n) is 4.66. The molecule has 0 saturated carbocycles. The predicted octanol–water partition coefficient (Wildman–Crippen LogP) is 5.16. The van der Waals surface area contributed by atoms with Crippen LogP contribution in [0.1, 0.15) is 44.6 Å². The molecule has 3 aromatic carbocycles. The molecule has 0 saturated heterocycles. The zero-order valence-electron chi connectivity index (χ0n) is 20.6. The Balaban J connectivity index is 1.37. The SMILES string of the molecule is Cc1cccc(C)c1C(=O)N[C@@H](Cc1ccc(C2=CCN(Cc3ccc(F)cc3)CC2)cc1)C(=O)O. The van der Waals surface area contributed by atoms with Crippen LogP contribution < -0.4 is 5.32 Å². The van der Waals surface area contributed by atoms with Gasteiger partial charge in [-0.1, -0.05) is 60.7 Å². The number of amides is 1. The molecule has 4 rings (SSSR count). The summed E-state index contributed by atoms with van der Waals surface area (Å²) in [5, 5.41) is 12.4. The lowest BCUT2D eigenvalue weighted by atomic mass is 9.96. The highest BCUT2D eigenvalue weighted by Gasteiger charge is 2.23. The van der Waals surface area contributed by atoms with Gasteiger partial charge in [0.15, 0.2) is 0 Å². The number of carboxylic acid groups (broad SMARTS) is 1. The summed E-state index contributed by atoms with van der Waals surface area (Å²) in [7, 11) is 0. The topological polar surface area (TPSA) is 69.6 Å². The van der Waals surface area contributed by atoms with Crippen molar-refractivity contribution in [3.63, 3.8) is 0 Å². The second kappa shape index (κ2) is 11.3. The van der Waals surface area contributed by atoms with Gasteiger partial charge in [-0.2, -0.15) is 0 Å². The molecular weight excluding hydrogens is 455 g/mol. The first-order valence-electron chi connectivity index (χ1n) is 12.1. The highest BCUT2D eigenvalue weighted by molar-refractivity contribution is 5.99. The van der Waals surface area contributed by atoms with Gasteiger partial charge < -0.3 is 10.4 Å². The number of carboxylic acids is 1. The number of hydrogen-bond donors (Lipinski definition) is 2. The average molecular weight is 487 g/mol. The summed E-state index contributed by atoms with van der Waals surface area (Å²) in [5.74, 6) is -1.65. The highest BCUT2D eigenvalue weighted by Crippen LogP contribution is 2.24. The van der Waals surface area contributed by atoms with E-state index in [-0.39, 0.29) is 18.1 Å². The van der Waals surface area contributed by atoms with Crippen LogP contribution in [0.2, 0.25) is 0 Å². The molecule has 1 heterocycles. The van der Waals surface area contributed by atoms with Gasteiger partial charge in [0, 0.05) is 31.6 Å². The molecule has 0 aliphatic carbocycles. The van der Waals surface area contributed by atoms with Gasteiger partial charge in [-0.05, 0) is 65.8 Å². The summed E-state index contributed by atoms with van der Waals surface area (Å²) in [4.78, 5) is 27.0. The Morgan fingerprint density at radius 1 is 0.972 bits per heavy atom. The van der Waals surface area contributed by atoms with Crippen molar-refractivity contribution >= 4 is 17.4 Å². The first kappa shape index (κ1) is 25.3. The molecule has 0 radical (unpaired) electrons. The molecule has 1 aliphatic heterocycles. The Bertz CT molecular complexity index is 1250. The molecule has 0 unspecified atom stereocenters. The number of aliphatic carboxylic acids is 1. The molecule has 6 heteroatoms. The van der Waals surface area contributed by atoms with Gasteiger partial charge in [-0.3, -0.25) is 9.69 Å². The number of carbonyl (C=O) groups excluding carboxylic acids is 1. The van der Waals surface area contributed by atoms with Gasteiger partial charge in [0.2, 0.25) is 0 Å². The van der Waals surface area contributed by atoms with Crippen LogP contribution in [0.4, 0.5) is 4.39 Å². The molecule has 0 spiro atoms. The number of hydrogen-bond acceptors (Lipinski definition) is 3. The van der Waals surface area contributed by atoms with E-state index < -0.39 is 12.0 Å². The molecule has 1 atom stereocenters. The van der Waals surface area contributed by atoms with Crippen molar-refractivity contribution < 1.29 is 19.1 Å². The minimum Gasteiger partial charge on any atom is -0.480 e. The Hall–Kier alpha value is -3.77. The second-order valence-corrected chi connectivity index (χ2v) is 9.37. The van der Waals surface area contributed by atoms with Gasteiger partial charge in [0.1, 0.15) is 11.9 Å². The van der Waals surface area contributed by atoms with Gasteiger partial charge in [-0.25, -0.2) is 9.18 Å². The summed E-state index contributed by atoms with van der Waals surface area (Å²) in [6, 6.07) is 19.1. The molecule has 1 amide bonds. The molecule has 0 bridgehead atoms. The minimum atomic E-state index is -1.06. The number of carbonyl (C=O) groups is 2. The Kier molecular flexibility index (Phi) is 7.96. The maximum absolute atomic E-state index is 13.1. The number of nitrogens with zero attached hydrogens (tertiary/aromatic N) is 1. The summed E-state index contributed by atoms with van der Waals surface area (Å²) in [6.45, 7) is 6.21. The largest absolute Gasteiger partial charge is 0.480 e. The van der Waals surface area contributed by atoms with Crippen LogP contribution in [0.5, 0.6) is 0 Å². The van der Waals surface area contributed by atoms with Gasteiger partial charge in [0.05, 0.1) is 0 Å². The Labute approximate surface area is 211 Å². The third-order valence-corrected chi connectivity index (χ3v) is 6.69. The Morgan fingerprint density at radius 3 is 2.19 bits per heavy atom. The van der Waals surface area contributed by atoms with Crippen LogP contribution in [0.3, 0.4) is 0 Å². The van der Waals surface area contributed by atoms with Crippen molar-refractivity contribution in [3.05, 3.63) is 112 Å². The first-order chi connectivity index (χ1) is 17.3. The summed E-state index contributed by atoms with van der Waals surface area (Å²) >= 11 is 0. The normalized spacial score (nSPS) is 14.7.